The standard InChI is InChI=1S/C24H32N4O6S2/c1-4-12-28(13-5-2)36(32,33)17-9-7-16(8-10-17)22(30)26-23-20(21(25)29)18-11-14-27(15-19(18)35-23)24(31)34-6-3/h7-10H,4-6,11-15H2,1-3H3,(H2,25,29)(H,26,30). The van der Waals surface area contributed by atoms with Crippen molar-refractivity contribution in [2.24, 2.45) is 5.73 Å². The highest BCUT2D eigenvalue weighted by Crippen LogP contribution is 2.37. The van der Waals surface area contributed by atoms with Crippen molar-refractivity contribution in [3.8, 4) is 0 Å². The third kappa shape index (κ3) is 5.88. The average Bonchev–Trinajstić information content (AvgIpc) is 3.21. The van der Waals surface area contributed by atoms with Crippen LogP contribution in [0.2, 0.25) is 0 Å². The van der Waals surface area contributed by atoms with Crippen LogP contribution in [0.3, 0.4) is 0 Å². The minimum absolute atomic E-state index is 0.115. The van der Waals surface area contributed by atoms with Crippen molar-refractivity contribution in [3.05, 3.63) is 45.8 Å². The van der Waals surface area contributed by atoms with Crippen molar-refractivity contribution in [2.45, 2.75) is 51.5 Å². The predicted molar refractivity (Wildman–Crippen MR) is 138 cm³/mol. The Morgan fingerprint density at radius 3 is 2.31 bits per heavy atom. The number of ether oxygens (including phenoxy) is 1. The number of fused-ring (bicyclic) bond motifs is 1. The Hall–Kier alpha value is -2.96. The molecule has 0 unspecified atom stereocenters. The second-order valence-corrected chi connectivity index (χ2v) is 11.4. The molecule has 0 spiro atoms. The average molecular weight is 537 g/mol. The summed E-state index contributed by atoms with van der Waals surface area (Å²) in [6.45, 7) is 7.30. The van der Waals surface area contributed by atoms with Crippen LogP contribution in [0.15, 0.2) is 29.2 Å². The highest BCUT2D eigenvalue weighted by molar-refractivity contribution is 7.89. The smallest absolute Gasteiger partial charge is 0.410 e. The van der Waals surface area contributed by atoms with Crippen LogP contribution in [-0.2, 0) is 27.7 Å². The number of rotatable bonds is 10. The summed E-state index contributed by atoms with van der Waals surface area (Å²) >= 11 is 1.19. The van der Waals surface area contributed by atoms with E-state index in [2.05, 4.69) is 5.32 Å². The van der Waals surface area contributed by atoms with E-state index in [0.29, 0.717) is 43.9 Å². The van der Waals surface area contributed by atoms with Crippen LogP contribution >= 0.6 is 11.3 Å². The van der Waals surface area contributed by atoms with Crippen molar-refractivity contribution in [1.29, 1.82) is 0 Å². The number of amides is 3. The SMILES string of the molecule is CCCN(CCC)S(=O)(=O)c1ccc(C(=O)Nc2sc3c(c2C(N)=O)CCN(C(=O)OCC)C3)cc1. The van der Waals surface area contributed by atoms with Gasteiger partial charge in [0.05, 0.1) is 23.6 Å². The van der Waals surface area contributed by atoms with Crippen molar-refractivity contribution >= 4 is 44.3 Å². The molecule has 0 atom stereocenters. The molecule has 0 saturated heterocycles. The number of anilines is 1. The van der Waals surface area contributed by atoms with E-state index in [0.717, 1.165) is 10.4 Å². The number of carbonyl (C=O) groups is 3. The predicted octanol–water partition coefficient (Wildman–Crippen LogP) is 3.42. The normalized spacial score (nSPS) is 13.4. The lowest BCUT2D eigenvalue weighted by molar-refractivity contribution is 0.0997. The van der Waals surface area contributed by atoms with E-state index in [1.165, 1.54) is 44.8 Å². The van der Waals surface area contributed by atoms with E-state index >= 15 is 0 Å². The first kappa shape index (κ1) is 27.6. The van der Waals surface area contributed by atoms with Gasteiger partial charge in [-0.15, -0.1) is 11.3 Å². The van der Waals surface area contributed by atoms with Gasteiger partial charge in [-0.05, 0) is 56.0 Å². The van der Waals surface area contributed by atoms with Crippen molar-refractivity contribution in [3.63, 3.8) is 0 Å². The molecule has 10 nitrogen and oxygen atoms in total. The number of hydrogen-bond acceptors (Lipinski definition) is 7. The Morgan fingerprint density at radius 2 is 1.75 bits per heavy atom. The third-order valence-electron chi connectivity index (χ3n) is 5.76. The van der Waals surface area contributed by atoms with E-state index in [1.54, 1.807) is 6.92 Å². The van der Waals surface area contributed by atoms with E-state index in [1.807, 2.05) is 13.8 Å². The number of primary amides is 1. The fourth-order valence-electron chi connectivity index (χ4n) is 4.08. The third-order valence-corrected chi connectivity index (χ3v) is 8.80. The number of sulfonamides is 1. The molecule has 0 saturated carbocycles. The molecule has 0 radical (unpaired) electrons. The minimum Gasteiger partial charge on any atom is -0.450 e. The molecule has 196 valence electrons. The molecule has 0 fully saturated rings. The highest BCUT2D eigenvalue weighted by atomic mass is 32.2. The molecule has 2 aromatic rings. The fourth-order valence-corrected chi connectivity index (χ4v) is 6.96. The molecule has 1 aliphatic heterocycles. The number of hydrogen-bond donors (Lipinski definition) is 2. The molecule has 12 heteroatoms. The second-order valence-electron chi connectivity index (χ2n) is 8.33. The number of carbonyl (C=O) groups excluding carboxylic acids is 3. The van der Waals surface area contributed by atoms with Crippen molar-refractivity contribution in [2.75, 3.05) is 31.6 Å². The Morgan fingerprint density at radius 1 is 1.11 bits per heavy atom. The molecule has 1 aromatic carbocycles. The second kappa shape index (κ2) is 11.8. The lowest BCUT2D eigenvalue weighted by Gasteiger charge is -2.26. The Bertz CT molecular complexity index is 1220. The van der Waals surface area contributed by atoms with Gasteiger partial charge in [-0.2, -0.15) is 4.31 Å². The molecule has 2 heterocycles. The van der Waals surface area contributed by atoms with E-state index in [-0.39, 0.29) is 29.2 Å². The first-order valence-corrected chi connectivity index (χ1v) is 14.2. The van der Waals surface area contributed by atoms with Gasteiger partial charge in [0.25, 0.3) is 11.8 Å². The number of nitrogens with zero attached hydrogens (tertiary/aromatic N) is 2. The van der Waals surface area contributed by atoms with Gasteiger partial charge in [0.2, 0.25) is 10.0 Å². The van der Waals surface area contributed by atoms with E-state index < -0.39 is 27.9 Å². The highest BCUT2D eigenvalue weighted by Gasteiger charge is 2.30. The molecule has 36 heavy (non-hydrogen) atoms. The monoisotopic (exact) mass is 536 g/mol. The van der Waals surface area contributed by atoms with Gasteiger partial charge in [-0.25, -0.2) is 13.2 Å². The lowest BCUT2D eigenvalue weighted by atomic mass is 10.0. The summed E-state index contributed by atoms with van der Waals surface area (Å²) in [7, 11) is -3.66. The summed E-state index contributed by atoms with van der Waals surface area (Å²) in [6.07, 6.45) is 1.38. The number of nitrogens with one attached hydrogen (secondary N) is 1. The molecule has 3 rings (SSSR count). The number of thiophene rings is 1. The van der Waals surface area contributed by atoms with Crippen LogP contribution in [0.25, 0.3) is 0 Å². The lowest BCUT2D eigenvalue weighted by Crippen LogP contribution is -2.36. The summed E-state index contributed by atoms with van der Waals surface area (Å²) < 4.78 is 32.4. The Balaban J connectivity index is 1.81. The van der Waals surface area contributed by atoms with Gasteiger partial charge in [0.15, 0.2) is 0 Å². The van der Waals surface area contributed by atoms with Crippen LogP contribution in [0.5, 0.6) is 0 Å². The topological polar surface area (TPSA) is 139 Å². The summed E-state index contributed by atoms with van der Waals surface area (Å²) in [5, 5.41) is 3.04. The molecule has 3 N–H and O–H groups in total. The summed E-state index contributed by atoms with van der Waals surface area (Å²) in [4.78, 5) is 39.7. The summed E-state index contributed by atoms with van der Waals surface area (Å²) in [5.41, 5.74) is 6.82. The molecule has 1 aliphatic rings. The molecular weight excluding hydrogens is 504 g/mol. The molecular formula is C24H32N4O6S2. The van der Waals surface area contributed by atoms with Gasteiger partial charge in [-0.1, -0.05) is 13.8 Å². The zero-order chi connectivity index (χ0) is 26.5. The maximum atomic E-state index is 13.0. The van der Waals surface area contributed by atoms with Crippen LogP contribution < -0.4 is 11.1 Å². The quantitative estimate of drug-likeness (QED) is 0.477. The molecule has 3 amide bonds. The fraction of sp³-hybridized carbons (Fsp3) is 0.458. The first-order chi connectivity index (χ1) is 17.1. The maximum Gasteiger partial charge on any atom is 0.410 e. The zero-order valence-electron chi connectivity index (χ0n) is 20.7. The largest absolute Gasteiger partial charge is 0.450 e. The van der Waals surface area contributed by atoms with Crippen LogP contribution in [0.4, 0.5) is 9.80 Å². The number of nitrogens with two attached hydrogens (primary N) is 1. The zero-order valence-corrected chi connectivity index (χ0v) is 22.3. The van der Waals surface area contributed by atoms with Crippen LogP contribution in [0, 0.1) is 0 Å². The number of benzene rings is 1. The van der Waals surface area contributed by atoms with Crippen molar-refractivity contribution in [1.82, 2.24) is 9.21 Å². The summed E-state index contributed by atoms with van der Waals surface area (Å²) in [5.74, 6) is -1.16. The molecule has 0 aliphatic carbocycles. The minimum atomic E-state index is -3.66. The molecule has 1 aromatic heterocycles. The first-order valence-electron chi connectivity index (χ1n) is 11.9. The van der Waals surface area contributed by atoms with Gasteiger partial charge >= 0.3 is 6.09 Å². The van der Waals surface area contributed by atoms with E-state index in [9.17, 15) is 22.8 Å². The van der Waals surface area contributed by atoms with Gasteiger partial charge in [0.1, 0.15) is 5.00 Å². The maximum absolute atomic E-state index is 13.0. The van der Waals surface area contributed by atoms with Crippen LogP contribution in [-0.4, -0.2) is 61.8 Å². The molecule has 0 bridgehead atoms. The van der Waals surface area contributed by atoms with Crippen molar-refractivity contribution < 1.29 is 27.5 Å². The Labute approximate surface area is 215 Å². The van der Waals surface area contributed by atoms with Gasteiger partial charge in [0, 0.05) is 30.1 Å². The van der Waals surface area contributed by atoms with E-state index in [4.69, 9.17) is 10.5 Å². The Kier molecular flexibility index (Phi) is 9.09. The van der Waals surface area contributed by atoms with Gasteiger partial charge in [-0.3, -0.25) is 9.59 Å². The van der Waals surface area contributed by atoms with Crippen LogP contribution in [0.1, 0.15) is 64.8 Å². The summed E-state index contributed by atoms with van der Waals surface area (Å²) in [6, 6.07) is 5.71. The van der Waals surface area contributed by atoms with Gasteiger partial charge < -0.3 is 20.7 Å².